The highest BCUT2D eigenvalue weighted by Crippen LogP contribution is 2.31. The van der Waals surface area contributed by atoms with E-state index in [1.54, 1.807) is 7.05 Å². The maximum absolute atomic E-state index is 12.6. The van der Waals surface area contributed by atoms with Gasteiger partial charge in [-0.1, -0.05) is 0 Å². The Balaban J connectivity index is 1.82. The number of carbonyl (C=O) groups is 1. The third-order valence-corrected chi connectivity index (χ3v) is 7.54. The lowest BCUT2D eigenvalue weighted by molar-refractivity contribution is -0.314. The van der Waals surface area contributed by atoms with Crippen molar-refractivity contribution in [3.05, 3.63) is 0 Å². The van der Waals surface area contributed by atoms with Gasteiger partial charge in [0.05, 0.1) is 30.8 Å². The summed E-state index contributed by atoms with van der Waals surface area (Å²) in [5.41, 5.74) is 24.0. The molecule has 14 atom stereocenters. The molecule has 3 fully saturated rings. The summed E-state index contributed by atoms with van der Waals surface area (Å²) in [6, 6.07) is -3.48. The molecule has 228 valence electrons. The summed E-state index contributed by atoms with van der Waals surface area (Å²) in [6.45, 7) is 0.0333. The summed E-state index contributed by atoms with van der Waals surface area (Å²) in [5, 5.41) is 57.6. The largest absolute Gasteiger partial charge is 0.394 e. The molecule has 39 heavy (non-hydrogen) atoms. The van der Waals surface area contributed by atoms with Gasteiger partial charge in [0, 0.05) is 12.6 Å². The van der Waals surface area contributed by atoms with E-state index in [0.717, 1.165) is 6.42 Å². The van der Waals surface area contributed by atoms with Crippen LogP contribution < -0.4 is 33.6 Å². The van der Waals surface area contributed by atoms with Gasteiger partial charge in [0.2, 0.25) is 5.91 Å². The van der Waals surface area contributed by atoms with E-state index in [0.29, 0.717) is 13.0 Å². The molecule has 1 amide bonds. The van der Waals surface area contributed by atoms with Gasteiger partial charge in [-0.15, -0.1) is 0 Å². The summed E-state index contributed by atoms with van der Waals surface area (Å²) in [6.07, 6.45) is -10.4. The van der Waals surface area contributed by atoms with Crippen LogP contribution in [0.1, 0.15) is 25.7 Å². The first-order valence-electron chi connectivity index (χ1n) is 13.4. The SMILES string of the molecule is CNCC1CCC(N)[C@@H](OC2C(O)[C@@H](O[C@H]3OC(CO)[C@H](O)[C@H](N)C3O)[C@H](NC(=O)[C@@H](O)CCN)C[C@@H]2N)O1. The van der Waals surface area contributed by atoms with Crippen molar-refractivity contribution in [2.24, 2.45) is 22.9 Å². The van der Waals surface area contributed by atoms with Gasteiger partial charge >= 0.3 is 0 Å². The van der Waals surface area contributed by atoms with Crippen molar-refractivity contribution < 1.29 is 49.3 Å². The van der Waals surface area contributed by atoms with Gasteiger partial charge in [-0.2, -0.15) is 0 Å². The first-order valence-corrected chi connectivity index (χ1v) is 13.4. The first kappa shape index (κ1) is 32.4. The van der Waals surface area contributed by atoms with Crippen molar-refractivity contribution in [3.63, 3.8) is 0 Å². The molecular formula is C23H46N6O10. The smallest absolute Gasteiger partial charge is 0.249 e. The van der Waals surface area contributed by atoms with Gasteiger partial charge in [-0.05, 0) is 39.3 Å². The fourth-order valence-electron chi connectivity index (χ4n) is 5.23. The lowest BCUT2D eigenvalue weighted by Crippen LogP contribution is -2.69. The van der Waals surface area contributed by atoms with Gasteiger partial charge < -0.3 is 78.0 Å². The van der Waals surface area contributed by atoms with Crippen LogP contribution in [0.5, 0.6) is 0 Å². The number of amides is 1. The maximum atomic E-state index is 12.6. The molecule has 0 spiro atoms. The Morgan fingerprint density at radius 1 is 1.00 bits per heavy atom. The molecule has 1 aliphatic carbocycles. The van der Waals surface area contributed by atoms with Crippen LogP contribution in [0, 0.1) is 0 Å². The van der Waals surface area contributed by atoms with Crippen LogP contribution in [-0.4, -0.2) is 144 Å². The van der Waals surface area contributed by atoms with E-state index in [2.05, 4.69) is 10.6 Å². The van der Waals surface area contributed by atoms with E-state index in [9.17, 15) is 30.3 Å². The topological polar surface area (TPSA) is 283 Å². The average molecular weight is 567 g/mol. The molecule has 1 saturated carbocycles. The predicted octanol–water partition coefficient (Wildman–Crippen LogP) is -6.14. The quantitative estimate of drug-likeness (QED) is 0.111. The van der Waals surface area contributed by atoms with Crippen LogP contribution in [-0.2, 0) is 23.7 Å². The summed E-state index contributed by atoms with van der Waals surface area (Å²) in [4.78, 5) is 12.6. The second-order valence-electron chi connectivity index (χ2n) is 10.5. The van der Waals surface area contributed by atoms with E-state index in [4.69, 9.17) is 41.9 Å². The van der Waals surface area contributed by atoms with E-state index in [1.165, 1.54) is 0 Å². The molecule has 2 aliphatic heterocycles. The average Bonchev–Trinajstić information content (AvgIpc) is 2.90. The van der Waals surface area contributed by atoms with E-state index >= 15 is 0 Å². The number of hydrogen-bond acceptors (Lipinski definition) is 15. The van der Waals surface area contributed by atoms with Crippen molar-refractivity contribution in [2.75, 3.05) is 26.7 Å². The second-order valence-corrected chi connectivity index (χ2v) is 10.5. The highest BCUT2D eigenvalue weighted by atomic mass is 16.7. The zero-order valence-electron chi connectivity index (χ0n) is 22.1. The van der Waals surface area contributed by atoms with Crippen LogP contribution in [0.15, 0.2) is 0 Å². The number of nitrogens with two attached hydrogens (primary N) is 4. The Kier molecular flexibility index (Phi) is 12.2. The number of aliphatic hydroxyl groups is 5. The molecule has 16 nitrogen and oxygen atoms in total. The number of carbonyl (C=O) groups excluding carboxylic acids is 1. The second kappa shape index (κ2) is 14.7. The Hall–Kier alpha value is -1.09. The molecule has 0 radical (unpaired) electrons. The summed E-state index contributed by atoms with van der Waals surface area (Å²) < 4.78 is 23.5. The number of aliphatic hydroxyl groups excluding tert-OH is 5. The normalized spacial score (nSPS) is 44.1. The maximum Gasteiger partial charge on any atom is 0.249 e. The molecule has 0 bridgehead atoms. The molecule has 3 aliphatic rings. The highest BCUT2D eigenvalue weighted by molar-refractivity contribution is 5.80. The molecule has 2 heterocycles. The number of nitrogens with one attached hydrogen (secondary N) is 2. The van der Waals surface area contributed by atoms with Gasteiger partial charge in [0.15, 0.2) is 12.6 Å². The van der Waals surface area contributed by atoms with Crippen LogP contribution in [0.2, 0.25) is 0 Å². The van der Waals surface area contributed by atoms with Crippen molar-refractivity contribution in [3.8, 4) is 0 Å². The van der Waals surface area contributed by atoms with Crippen molar-refractivity contribution in [1.82, 2.24) is 10.6 Å². The van der Waals surface area contributed by atoms with Crippen molar-refractivity contribution >= 4 is 5.91 Å². The van der Waals surface area contributed by atoms with E-state index in [1.807, 2.05) is 0 Å². The third kappa shape index (κ3) is 7.81. The van der Waals surface area contributed by atoms with Crippen LogP contribution in [0.3, 0.4) is 0 Å². The third-order valence-electron chi connectivity index (χ3n) is 7.54. The first-order chi connectivity index (χ1) is 18.5. The summed E-state index contributed by atoms with van der Waals surface area (Å²) in [5.74, 6) is -0.754. The number of hydrogen-bond donors (Lipinski definition) is 11. The highest BCUT2D eigenvalue weighted by Gasteiger charge is 2.51. The van der Waals surface area contributed by atoms with Crippen molar-refractivity contribution in [1.29, 1.82) is 0 Å². The van der Waals surface area contributed by atoms with Gasteiger partial charge in [0.25, 0.3) is 0 Å². The predicted molar refractivity (Wildman–Crippen MR) is 135 cm³/mol. The van der Waals surface area contributed by atoms with Gasteiger partial charge in [0.1, 0.15) is 42.7 Å². The van der Waals surface area contributed by atoms with Crippen LogP contribution >= 0.6 is 0 Å². The zero-order chi connectivity index (χ0) is 28.9. The fraction of sp³-hybridized carbons (Fsp3) is 0.957. The lowest BCUT2D eigenvalue weighted by Gasteiger charge is -2.48. The fourth-order valence-corrected chi connectivity index (χ4v) is 5.23. The molecule has 0 aromatic rings. The minimum Gasteiger partial charge on any atom is -0.394 e. The molecule has 16 heteroatoms. The number of likely N-dealkylation sites (N-methyl/N-ethyl adjacent to an activating group) is 1. The summed E-state index contributed by atoms with van der Waals surface area (Å²) >= 11 is 0. The van der Waals surface area contributed by atoms with Crippen molar-refractivity contribution in [2.45, 2.75) is 111 Å². The van der Waals surface area contributed by atoms with Gasteiger partial charge in [-0.25, -0.2) is 0 Å². The molecule has 6 unspecified atom stereocenters. The molecule has 2 saturated heterocycles. The van der Waals surface area contributed by atoms with E-state index < -0.39 is 92.0 Å². The Bertz CT molecular complexity index is 771. The lowest BCUT2D eigenvalue weighted by atomic mass is 9.83. The summed E-state index contributed by atoms with van der Waals surface area (Å²) in [7, 11) is 1.80. The Morgan fingerprint density at radius 2 is 1.69 bits per heavy atom. The monoisotopic (exact) mass is 566 g/mol. The van der Waals surface area contributed by atoms with E-state index in [-0.39, 0.29) is 25.5 Å². The molecule has 0 aromatic heterocycles. The van der Waals surface area contributed by atoms with Crippen LogP contribution in [0.25, 0.3) is 0 Å². The molecule has 15 N–H and O–H groups in total. The number of ether oxygens (including phenoxy) is 4. The minimum absolute atomic E-state index is 0.00445. The molecule has 3 rings (SSSR count). The Morgan fingerprint density at radius 3 is 2.33 bits per heavy atom. The minimum atomic E-state index is -1.54. The standard InChI is InChI=1S/C23H46N6O10/c1-28-7-9-2-3-10(25)22(36-9)38-19-11(26)6-12(29-21(35)13(31)4-5-24)20(18(19)34)39-23-17(33)15(27)16(32)14(8-30)37-23/h9-20,22-23,28,30-34H,2-8,24-27H2,1H3,(H,29,35)/t9?,10?,11-,12+,13-,14?,15-,16-,17?,18?,19?,20-,22+,23+/m0/s1. The Labute approximate surface area is 227 Å². The number of rotatable bonds is 11. The zero-order valence-corrected chi connectivity index (χ0v) is 22.1. The molecule has 0 aromatic carbocycles. The van der Waals surface area contributed by atoms with Crippen LogP contribution in [0.4, 0.5) is 0 Å². The molecular weight excluding hydrogens is 520 g/mol. The van der Waals surface area contributed by atoms with Gasteiger partial charge in [-0.3, -0.25) is 4.79 Å².